The number of hydrogen-bond acceptors (Lipinski definition) is 8. The Balaban J connectivity index is 1.39. The Morgan fingerprint density at radius 1 is 0.933 bits per heavy atom. The van der Waals surface area contributed by atoms with Gasteiger partial charge in [-0.05, 0) is 81.5 Å². The number of nitrogens with zero attached hydrogens (tertiary/aromatic N) is 4. The summed E-state index contributed by atoms with van der Waals surface area (Å²) in [6.45, 7) is 16.5. The quantitative estimate of drug-likeness (QED) is 0.208. The lowest BCUT2D eigenvalue weighted by atomic mass is 9.67. The third-order valence-electron chi connectivity index (χ3n) is 8.91. The van der Waals surface area contributed by atoms with E-state index in [0.29, 0.717) is 22.3 Å². The van der Waals surface area contributed by atoms with Crippen molar-refractivity contribution < 1.29 is 0 Å². The first-order valence-electron chi connectivity index (χ1n) is 15.1. The van der Waals surface area contributed by atoms with Crippen molar-refractivity contribution in [2.75, 3.05) is 0 Å². The molecule has 5 aromatic rings. The Morgan fingerprint density at radius 3 is 2.22 bits per heavy atom. The summed E-state index contributed by atoms with van der Waals surface area (Å²) in [5, 5.41) is 9.52. The minimum absolute atomic E-state index is 0.0307. The van der Waals surface area contributed by atoms with Gasteiger partial charge in [-0.1, -0.05) is 19.3 Å². The van der Waals surface area contributed by atoms with Crippen molar-refractivity contribution in [3.8, 4) is 6.07 Å². The fourth-order valence-corrected chi connectivity index (χ4v) is 13.6. The van der Waals surface area contributed by atoms with Crippen molar-refractivity contribution in [1.29, 1.82) is 5.26 Å². The van der Waals surface area contributed by atoms with Crippen molar-refractivity contribution in [1.82, 2.24) is 9.13 Å². The van der Waals surface area contributed by atoms with Crippen LogP contribution in [0.4, 0.5) is 0 Å². The summed E-state index contributed by atoms with van der Waals surface area (Å²) >= 11 is 8.32. The van der Waals surface area contributed by atoms with E-state index >= 15 is 0 Å². The third kappa shape index (κ3) is 4.63. The van der Waals surface area contributed by atoms with E-state index < -0.39 is 0 Å². The van der Waals surface area contributed by atoms with Gasteiger partial charge < -0.3 is 4.57 Å². The van der Waals surface area contributed by atoms with Crippen molar-refractivity contribution in [3.05, 3.63) is 77.5 Å². The highest BCUT2D eigenvalue weighted by Gasteiger charge is 2.44. The van der Waals surface area contributed by atoms with Crippen LogP contribution in [0.25, 0.3) is 53.1 Å². The minimum Gasteiger partial charge on any atom is -0.307 e. The minimum atomic E-state index is -0.129. The van der Waals surface area contributed by atoms with Gasteiger partial charge in [0.2, 0.25) is 0 Å². The number of rotatable bonds is 4. The van der Waals surface area contributed by atoms with E-state index in [1.54, 1.807) is 27.2 Å². The van der Waals surface area contributed by atoms with Gasteiger partial charge in [-0.3, -0.25) is 14.2 Å². The second-order valence-electron chi connectivity index (χ2n) is 11.7. The van der Waals surface area contributed by atoms with Crippen LogP contribution in [0, 0.1) is 17.9 Å². The molecule has 0 N–H and O–H groups in total. The molecular weight excluding hydrogens is 657 g/mol. The second-order valence-corrected chi connectivity index (χ2v) is 16.9. The number of hydrogen-bond donors (Lipinski definition) is 0. The van der Waals surface area contributed by atoms with E-state index in [1.165, 1.54) is 52.6 Å². The van der Waals surface area contributed by atoms with Crippen LogP contribution in [0.5, 0.6) is 0 Å². The molecule has 0 atom stereocenters. The number of nitriles is 1. The Labute approximate surface area is 279 Å². The monoisotopic (exact) mass is 686 g/mol. The highest BCUT2D eigenvalue weighted by Crippen LogP contribution is 2.59. The molecule has 2 aliphatic rings. The highest BCUT2D eigenvalue weighted by molar-refractivity contribution is 7.39. The van der Waals surface area contributed by atoms with Gasteiger partial charge in [0.15, 0.2) is 0 Å². The number of thiophene rings is 3. The van der Waals surface area contributed by atoms with Crippen LogP contribution in [0.2, 0.25) is 0 Å². The zero-order chi connectivity index (χ0) is 31.6. The largest absolute Gasteiger partial charge is 0.307 e. The summed E-state index contributed by atoms with van der Waals surface area (Å²) in [7, 11) is 0. The summed E-state index contributed by atoms with van der Waals surface area (Å²) in [5.41, 5.74) is 3.57. The fraction of sp³-hybridized carbons (Fsp3) is 0.353. The number of thiazole rings is 2. The molecule has 1 spiro atoms. The predicted octanol–water partition coefficient (Wildman–Crippen LogP) is 6.31. The van der Waals surface area contributed by atoms with E-state index in [1.807, 2.05) is 47.2 Å². The Hall–Kier alpha value is -3.32. The van der Waals surface area contributed by atoms with Crippen LogP contribution in [-0.4, -0.2) is 9.13 Å². The van der Waals surface area contributed by atoms with Crippen LogP contribution >= 0.6 is 56.7 Å². The van der Waals surface area contributed by atoms with E-state index in [9.17, 15) is 14.9 Å². The number of fused-ring (bicyclic) bond motifs is 6. The predicted molar refractivity (Wildman–Crippen MR) is 193 cm³/mol. The third-order valence-corrected chi connectivity index (χ3v) is 15.2. The Morgan fingerprint density at radius 2 is 1.60 bits per heavy atom. The van der Waals surface area contributed by atoms with Gasteiger partial charge in [-0.25, -0.2) is 10.1 Å². The molecular formula is C34H30N4O2S5. The normalized spacial score (nSPS) is 17.2. The van der Waals surface area contributed by atoms with E-state index in [4.69, 9.17) is 6.57 Å². The molecule has 0 radical (unpaired) electrons. The second kappa shape index (κ2) is 11.5. The van der Waals surface area contributed by atoms with Crippen LogP contribution in [0.3, 0.4) is 0 Å². The zero-order valence-corrected chi connectivity index (χ0v) is 29.5. The standard InChI is InChI=1S/C34H30N4O2S5/c1-6-37-31(40)25(44-32(37)18(3)4)16-20-15-23-27(41-20)29-28(43-23)26-22(42-29)13-19(34(26)11-9-8-10-12-34)14-24-30(39)38(7-2)33(45-24)21(17-35)36-5/h13-16H,6-12H2,1-4H3/b24-14-,25-16-,33-21+. The topological polar surface area (TPSA) is 72.2 Å². The Kier molecular flexibility index (Phi) is 7.74. The van der Waals surface area contributed by atoms with E-state index in [2.05, 4.69) is 43.0 Å². The van der Waals surface area contributed by atoms with Crippen LogP contribution in [-0.2, 0) is 18.5 Å². The van der Waals surface area contributed by atoms with Crippen molar-refractivity contribution in [2.45, 2.75) is 78.3 Å². The summed E-state index contributed by atoms with van der Waals surface area (Å²) in [5.74, 6) is 0. The maximum atomic E-state index is 13.4. The molecule has 0 saturated heterocycles. The fourth-order valence-electron chi connectivity index (χ4n) is 6.89. The van der Waals surface area contributed by atoms with Crippen molar-refractivity contribution in [2.24, 2.45) is 0 Å². The van der Waals surface area contributed by atoms with Crippen molar-refractivity contribution in [3.63, 3.8) is 0 Å². The molecule has 5 heterocycles. The molecule has 1 saturated carbocycles. The SMILES string of the molecule is [C-]#[N+]/C(C#N)=c1/s/c(=C\C2=Cc3sc4c(sc5cc(/C=c6\sc(=C(C)C)n(CC)c6=O)sc54)c3C23CCCCC3)c(=O)n1CC. The van der Waals surface area contributed by atoms with Gasteiger partial charge in [0.05, 0.1) is 40.5 Å². The van der Waals surface area contributed by atoms with E-state index in [-0.39, 0.29) is 22.2 Å². The molecule has 228 valence electrons. The average molecular weight is 687 g/mol. The molecule has 0 bridgehead atoms. The molecule has 0 aromatic carbocycles. The zero-order valence-electron chi connectivity index (χ0n) is 25.4. The molecule has 1 fully saturated rings. The molecule has 6 nitrogen and oxygen atoms in total. The highest BCUT2D eigenvalue weighted by atomic mass is 32.1. The van der Waals surface area contributed by atoms with Gasteiger partial charge in [0, 0.05) is 33.0 Å². The summed E-state index contributed by atoms with van der Waals surface area (Å²) < 4.78 is 11.5. The molecule has 0 unspecified atom stereocenters. The molecule has 2 aliphatic carbocycles. The maximum absolute atomic E-state index is 13.4. The van der Waals surface area contributed by atoms with Crippen LogP contribution in [0.15, 0.2) is 21.2 Å². The first-order valence-corrected chi connectivity index (χ1v) is 19.2. The Bertz CT molecular complexity index is 2520. The first kappa shape index (κ1) is 30.3. The van der Waals surface area contributed by atoms with E-state index in [0.717, 1.165) is 45.3 Å². The van der Waals surface area contributed by atoms with Crippen LogP contribution in [0.1, 0.15) is 75.1 Å². The molecule has 5 aromatic heterocycles. The molecule has 0 amide bonds. The smallest absolute Gasteiger partial charge is 0.294 e. The lowest BCUT2D eigenvalue weighted by Crippen LogP contribution is -2.33. The van der Waals surface area contributed by atoms with Crippen molar-refractivity contribution >= 4 is 105 Å². The molecule has 0 aliphatic heterocycles. The molecule has 45 heavy (non-hydrogen) atoms. The van der Waals surface area contributed by atoms with Gasteiger partial charge in [0.1, 0.15) is 4.66 Å². The van der Waals surface area contributed by atoms with Gasteiger partial charge >= 0.3 is 0 Å². The first-order chi connectivity index (χ1) is 21.7. The molecule has 11 heteroatoms. The lowest BCUT2D eigenvalue weighted by molar-refractivity contribution is 0.356. The average Bonchev–Trinajstić information content (AvgIpc) is 3.84. The van der Waals surface area contributed by atoms with Gasteiger partial charge in [0.25, 0.3) is 16.8 Å². The maximum Gasteiger partial charge on any atom is 0.294 e. The summed E-state index contributed by atoms with van der Waals surface area (Å²) in [6.07, 6.45) is 12.0. The summed E-state index contributed by atoms with van der Waals surface area (Å²) in [4.78, 5) is 32.4. The number of allylic oxidation sites excluding steroid dienone is 1. The lowest BCUT2D eigenvalue weighted by Gasteiger charge is -2.36. The molecule has 7 rings (SSSR count). The summed E-state index contributed by atoms with van der Waals surface area (Å²) in [6, 6.07) is 4.22. The van der Waals surface area contributed by atoms with Gasteiger partial charge in [-0.15, -0.1) is 56.7 Å². The number of aromatic nitrogens is 2. The van der Waals surface area contributed by atoms with Crippen LogP contribution < -0.4 is 29.5 Å². The van der Waals surface area contributed by atoms with Gasteiger partial charge in [-0.2, -0.15) is 0 Å².